The van der Waals surface area contributed by atoms with Crippen LogP contribution in [0.15, 0.2) is 12.4 Å². The Morgan fingerprint density at radius 3 is 2.89 bits per heavy atom. The van der Waals surface area contributed by atoms with Crippen LogP contribution in [0, 0.1) is 5.92 Å². The standard InChI is InChI=1S/C14H24N4/c1-17-8-6-12(10-17)11-18-9-7-15-14(18)16-13-4-2-3-5-13/h7,9,12-13H,2-6,8,10-11H2,1H3,(H,15,16). The molecule has 1 saturated carbocycles. The molecule has 2 fully saturated rings. The fourth-order valence-electron chi connectivity index (χ4n) is 3.30. The summed E-state index contributed by atoms with van der Waals surface area (Å²) in [7, 11) is 2.21. The van der Waals surface area contributed by atoms with Gasteiger partial charge in [-0.15, -0.1) is 0 Å². The largest absolute Gasteiger partial charge is 0.353 e. The minimum absolute atomic E-state index is 0.650. The van der Waals surface area contributed by atoms with Crippen LogP contribution < -0.4 is 5.32 Å². The highest BCUT2D eigenvalue weighted by Gasteiger charge is 2.21. The Labute approximate surface area is 109 Å². The molecule has 1 aromatic heterocycles. The van der Waals surface area contributed by atoms with Crippen LogP contribution in [-0.4, -0.2) is 40.6 Å². The predicted octanol–water partition coefficient (Wildman–Crippen LogP) is 2.19. The molecule has 4 nitrogen and oxygen atoms in total. The second kappa shape index (κ2) is 5.31. The lowest BCUT2D eigenvalue weighted by Gasteiger charge is -2.17. The first-order chi connectivity index (χ1) is 8.81. The Balaban J connectivity index is 1.60. The first kappa shape index (κ1) is 12.0. The second-order valence-corrected chi connectivity index (χ2v) is 5.95. The van der Waals surface area contributed by atoms with E-state index in [4.69, 9.17) is 0 Å². The summed E-state index contributed by atoms with van der Waals surface area (Å²) in [6.07, 6.45) is 10.7. The van der Waals surface area contributed by atoms with E-state index < -0.39 is 0 Å². The number of hydrogen-bond donors (Lipinski definition) is 1. The van der Waals surface area contributed by atoms with Crippen LogP contribution in [0.1, 0.15) is 32.1 Å². The molecule has 0 bridgehead atoms. The molecule has 1 unspecified atom stereocenters. The normalized spacial score (nSPS) is 25.9. The Morgan fingerprint density at radius 1 is 1.33 bits per heavy atom. The molecule has 0 aromatic carbocycles. The third-order valence-electron chi connectivity index (χ3n) is 4.35. The van der Waals surface area contributed by atoms with Crippen LogP contribution in [0.5, 0.6) is 0 Å². The van der Waals surface area contributed by atoms with E-state index in [0.717, 1.165) is 18.4 Å². The predicted molar refractivity (Wildman–Crippen MR) is 73.7 cm³/mol. The highest BCUT2D eigenvalue weighted by molar-refractivity contribution is 5.28. The molecule has 1 atom stereocenters. The van der Waals surface area contributed by atoms with E-state index in [2.05, 4.69) is 33.0 Å². The van der Waals surface area contributed by atoms with Crippen molar-refractivity contribution < 1.29 is 0 Å². The van der Waals surface area contributed by atoms with Crippen molar-refractivity contribution in [2.45, 2.75) is 44.7 Å². The monoisotopic (exact) mass is 248 g/mol. The third-order valence-corrected chi connectivity index (χ3v) is 4.35. The summed E-state index contributed by atoms with van der Waals surface area (Å²) >= 11 is 0. The van der Waals surface area contributed by atoms with Gasteiger partial charge in [0.15, 0.2) is 0 Å². The number of imidazole rings is 1. The van der Waals surface area contributed by atoms with Gasteiger partial charge in [-0.05, 0) is 38.8 Å². The van der Waals surface area contributed by atoms with E-state index in [9.17, 15) is 0 Å². The fourth-order valence-corrected chi connectivity index (χ4v) is 3.30. The van der Waals surface area contributed by atoms with E-state index in [1.807, 2.05) is 6.20 Å². The highest BCUT2D eigenvalue weighted by atomic mass is 15.2. The summed E-state index contributed by atoms with van der Waals surface area (Å²) < 4.78 is 2.31. The first-order valence-electron chi connectivity index (χ1n) is 7.27. The van der Waals surface area contributed by atoms with Crippen LogP contribution in [0.3, 0.4) is 0 Å². The molecule has 1 aliphatic carbocycles. The fraction of sp³-hybridized carbons (Fsp3) is 0.786. The minimum Gasteiger partial charge on any atom is -0.353 e. The van der Waals surface area contributed by atoms with Crippen molar-refractivity contribution in [1.82, 2.24) is 14.5 Å². The number of anilines is 1. The van der Waals surface area contributed by atoms with Crippen LogP contribution in [0.4, 0.5) is 5.95 Å². The third kappa shape index (κ3) is 2.69. The number of rotatable bonds is 4. The molecular formula is C14H24N4. The maximum atomic E-state index is 4.48. The average molecular weight is 248 g/mol. The topological polar surface area (TPSA) is 33.1 Å². The molecule has 1 aromatic rings. The zero-order valence-electron chi connectivity index (χ0n) is 11.3. The van der Waals surface area contributed by atoms with Gasteiger partial charge in [0.25, 0.3) is 0 Å². The van der Waals surface area contributed by atoms with Crippen LogP contribution in [0.2, 0.25) is 0 Å². The van der Waals surface area contributed by atoms with Gasteiger partial charge in [0.05, 0.1) is 0 Å². The van der Waals surface area contributed by atoms with Crippen LogP contribution in [-0.2, 0) is 6.54 Å². The molecule has 0 radical (unpaired) electrons. The maximum Gasteiger partial charge on any atom is 0.202 e. The second-order valence-electron chi connectivity index (χ2n) is 5.95. The van der Waals surface area contributed by atoms with E-state index in [1.165, 1.54) is 45.2 Å². The van der Waals surface area contributed by atoms with Crippen molar-refractivity contribution in [3.8, 4) is 0 Å². The molecule has 1 saturated heterocycles. The van der Waals surface area contributed by atoms with Crippen LogP contribution in [0.25, 0.3) is 0 Å². The Hall–Kier alpha value is -1.03. The summed E-state index contributed by atoms with van der Waals surface area (Å²) in [5, 5.41) is 3.61. The number of nitrogens with one attached hydrogen (secondary N) is 1. The molecule has 100 valence electrons. The van der Waals surface area contributed by atoms with Gasteiger partial charge >= 0.3 is 0 Å². The maximum absolute atomic E-state index is 4.48. The highest BCUT2D eigenvalue weighted by Crippen LogP contribution is 2.23. The van der Waals surface area contributed by atoms with Crippen molar-refractivity contribution in [2.75, 3.05) is 25.5 Å². The van der Waals surface area contributed by atoms with E-state index >= 15 is 0 Å². The average Bonchev–Trinajstić information content (AvgIpc) is 3.05. The summed E-state index contributed by atoms with van der Waals surface area (Å²) in [6, 6.07) is 0.650. The number of nitrogens with zero attached hydrogens (tertiary/aromatic N) is 3. The van der Waals surface area contributed by atoms with Gasteiger partial charge in [-0.2, -0.15) is 0 Å². The zero-order valence-corrected chi connectivity index (χ0v) is 11.3. The van der Waals surface area contributed by atoms with Crippen molar-refractivity contribution in [3.05, 3.63) is 12.4 Å². The molecule has 1 aliphatic heterocycles. The summed E-state index contributed by atoms with van der Waals surface area (Å²) in [5.41, 5.74) is 0. The van der Waals surface area contributed by atoms with Crippen molar-refractivity contribution in [2.24, 2.45) is 5.92 Å². The molecular weight excluding hydrogens is 224 g/mol. The minimum atomic E-state index is 0.650. The van der Waals surface area contributed by atoms with Gasteiger partial charge < -0.3 is 14.8 Å². The Kier molecular flexibility index (Phi) is 3.55. The van der Waals surface area contributed by atoms with Gasteiger partial charge in [-0.3, -0.25) is 0 Å². The SMILES string of the molecule is CN1CCC(Cn2ccnc2NC2CCCC2)C1. The van der Waals surface area contributed by atoms with E-state index in [1.54, 1.807) is 0 Å². The molecule has 4 heteroatoms. The van der Waals surface area contributed by atoms with Crippen molar-refractivity contribution in [3.63, 3.8) is 0 Å². The smallest absolute Gasteiger partial charge is 0.202 e. The molecule has 1 N–H and O–H groups in total. The van der Waals surface area contributed by atoms with E-state index in [0.29, 0.717) is 6.04 Å². The molecule has 2 heterocycles. The van der Waals surface area contributed by atoms with Gasteiger partial charge in [0.2, 0.25) is 5.95 Å². The van der Waals surface area contributed by atoms with Crippen molar-refractivity contribution in [1.29, 1.82) is 0 Å². The van der Waals surface area contributed by atoms with Gasteiger partial charge in [0, 0.05) is 31.5 Å². The molecule has 18 heavy (non-hydrogen) atoms. The number of hydrogen-bond acceptors (Lipinski definition) is 3. The lowest BCUT2D eigenvalue weighted by atomic mass is 10.1. The Morgan fingerprint density at radius 2 is 2.17 bits per heavy atom. The summed E-state index contributed by atoms with van der Waals surface area (Å²) in [4.78, 5) is 6.90. The number of aromatic nitrogens is 2. The number of likely N-dealkylation sites (tertiary alicyclic amines) is 1. The summed E-state index contributed by atoms with van der Waals surface area (Å²) in [6.45, 7) is 3.57. The Bertz CT molecular complexity index is 381. The molecule has 2 aliphatic rings. The molecule has 0 spiro atoms. The quantitative estimate of drug-likeness (QED) is 0.886. The molecule has 0 amide bonds. The van der Waals surface area contributed by atoms with Gasteiger partial charge in [-0.25, -0.2) is 4.98 Å². The first-order valence-corrected chi connectivity index (χ1v) is 7.27. The summed E-state index contributed by atoms with van der Waals surface area (Å²) in [5.74, 6) is 1.87. The lowest BCUT2D eigenvalue weighted by Crippen LogP contribution is -2.21. The van der Waals surface area contributed by atoms with Crippen LogP contribution >= 0.6 is 0 Å². The molecule has 3 rings (SSSR count). The lowest BCUT2D eigenvalue weighted by molar-refractivity contribution is 0.378. The van der Waals surface area contributed by atoms with Crippen molar-refractivity contribution >= 4 is 5.95 Å². The van der Waals surface area contributed by atoms with E-state index in [-0.39, 0.29) is 0 Å². The zero-order chi connectivity index (χ0) is 12.4. The van der Waals surface area contributed by atoms with Gasteiger partial charge in [-0.1, -0.05) is 12.8 Å². The van der Waals surface area contributed by atoms with Gasteiger partial charge in [0.1, 0.15) is 0 Å².